The second-order valence-electron chi connectivity index (χ2n) is 6.57. The minimum atomic E-state index is -4.22. The van der Waals surface area contributed by atoms with Gasteiger partial charge in [0.05, 0.1) is 0 Å². The van der Waals surface area contributed by atoms with Gasteiger partial charge in [0, 0.05) is 11.3 Å². The van der Waals surface area contributed by atoms with Crippen LogP contribution in [-0.2, 0) is 19.6 Å². The number of amides is 2. The fourth-order valence-corrected chi connectivity index (χ4v) is 4.80. The van der Waals surface area contributed by atoms with Crippen molar-refractivity contribution in [3.05, 3.63) is 70.5 Å². The molecule has 0 saturated carbocycles. The van der Waals surface area contributed by atoms with Crippen LogP contribution in [-0.4, -0.2) is 31.1 Å². The van der Waals surface area contributed by atoms with Gasteiger partial charge >= 0.3 is 0 Å². The normalized spacial score (nSPS) is 15.9. The lowest BCUT2D eigenvalue weighted by Gasteiger charge is -2.17. The highest BCUT2D eigenvalue weighted by atomic mass is 32.2. The molecule has 6 nitrogen and oxygen atoms in total. The molecule has 0 radical (unpaired) electrons. The molecular weight excluding hydrogens is 383 g/mol. The van der Waals surface area contributed by atoms with E-state index in [1.54, 1.807) is 12.1 Å². The van der Waals surface area contributed by atoms with Gasteiger partial charge in [0.2, 0.25) is 5.91 Å². The summed E-state index contributed by atoms with van der Waals surface area (Å²) in [5.41, 5.74) is 2.57. The summed E-state index contributed by atoms with van der Waals surface area (Å²) in [5.74, 6) is -1.91. The lowest BCUT2D eigenvalue weighted by Crippen LogP contribution is -2.38. The fourth-order valence-electron chi connectivity index (χ4n) is 3.03. The van der Waals surface area contributed by atoms with Crippen LogP contribution in [0.3, 0.4) is 0 Å². The number of anilines is 1. The quantitative estimate of drug-likeness (QED) is 0.852. The third-order valence-electron chi connectivity index (χ3n) is 4.71. The Labute approximate surface area is 162 Å². The molecule has 0 aliphatic carbocycles. The van der Waals surface area contributed by atoms with Gasteiger partial charge in [0.15, 0.2) is 0 Å². The lowest BCUT2D eigenvalue weighted by molar-refractivity contribution is -0.126. The van der Waals surface area contributed by atoms with Crippen molar-refractivity contribution < 1.29 is 22.4 Å². The number of carbonyl (C=O) groups excluding carboxylic acids is 2. The third kappa shape index (κ3) is 3.43. The molecule has 1 aliphatic heterocycles. The average molecular weight is 402 g/mol. The zero-order chi connectivity index (χ0) is 20.6. The number of carbonyl (C=O) groups is 2. The molecule has 0 aromatic heterocycles. The zero-order valence-corrected chi connectivity index (χ0v) is 16.4. The highest BCUT2D eigenvalue weighted by Crippen LogP contribution is 2.35. The predicted octanol–water partition coefficient (Wildman–Crippen LogP) is 2.98. The Morgan fingerprint density at radius 2 is 1.71 bits per heavy atom. The SMILES string of the molecule is CC1=C(c2ccc(F)cc2)S(=O)(=O)N(CC(=O)Nc2cccc(C)c2C)C1=O. The van der Waals surface area contributed by atoms with Crippen LogP contribution < -0.4 is 5.32 Å². The summed E-state index contributed by atoms with van der Waals surface area (Å²) in [6, 6.07) is 10.2. The van der Waals surface area contributed by atoms with Gasteiger partial charge in [0.25, 0.3) is 15.9 Å². The van der Waals surface area contributed by atoms with Crippen LogP contribution >= 0.6 is 0 Å². The highest BCUT2D eigenvalue weighted by Gasteiger charge is 2.43. The van der Waals surface area contributed by atoms with Gasteiger partial charge in [-0.3, -0.25) is 9.59 Å². The molecular formula is C20H19FN2O4S. The first-order valence-corrected chi connectivity index (χ1v) is 9.97. The van der Waals surface area contributed by atoms with E-state index in [0.717, 1.165) is 23.3 Å². The summed E-state index contributed by atoms with van der Waals surface area (Å²) in [5, 5.41) is 2.65. The molecule has 0 spiro atoms. The van der Waals surface area contributed by atoms with Crippen molar-refractivity contribution in [3.63, 3.8) is 0 Å². The molecule has 0 atom stereocenters. The van der Waals surface area contributed by atoms with Gasteiger partial charge in [-0.1, -0.05) is 24.3 Å². The van der Waals surface area contributed by atoms with E-state index in [1.165, 1.54) is 19.1 Å². The van der Waals surface area contributed by atoms with E-state index in [9.17, 15) is 22.4 Å². The summed E-state index contributed by atoms with van der Waals surface area (Å²) in [6.45, 7) is 4.46. The summed E-state index contributed by atoms with van der Waals surface area (Å²) in [6.07, 6.45) is 0. The number of nitrogens with zero attached hydrogens (tertiary/aromatic N) is 1. The fraction of sp³-hybridized carbons (Fsp3) is 0.200. The van der Waals surface area contributed by atoms with Crippen molar-refractivity contribution in [1.82, 2.24) is 4.31 Å². The molecule has 8 heteroatoms. The molecule has 3 rings (SSSR count). The minimum Gasteiger partial charge on any atom is -0.324 e. The topological polar surface area (TPSA) is 83.6 Å². The summed E-state index contributed by atoms with van der Waals surface area (Å²) >= 11 is 0. The molecule has 2 aromatic carbocycles. The minimum absolute atomic E-state index is 0.00820. The summed E-state index contributed by atoms with van der Waals surface area (Å²) in [7, 11) is -4.22. The van der Waals surface area contributed by atoms with Crippen LogP contribution in [0.25, 0.3) is 4.91 Å². The van der Waals surface area contributed by atoms with Crippen LogP contribution in [0.1, 0.15) is 23.6 Å². The van der Waals surface area contributed by atoms with Gasteiger partial charge in [0.1, 0.15) is 17.3 Å². The first-order valence-electron chi connectivity index (χ1n) is 8.53. The molecule has 0 fully saturated rings. The van der Waals surface area contributed by atoms with Crippen LogP contribution in [0.15, 0.2) is 48.0 Å². The zero-order valence-electron chi connectivity index (χ0n) is 15.6. The highest BCUT2D eigenvalue weighted by molar-refractivity contribution is 7.99. The Morgan fingerprint density at radius 3 is 2.36 bits per heavy atom. The first kappa shape index (κ1) is 19.8. The second-order valence-corrected chi connectivity index (χ2v) is 8.37. The van der Waals surface area contributed by atoms with Crippen molar-refractivity contribution in [3.8, 4) is 0 Å². The average Bonchev–Trinajstić information content (AvgIpc) is 2.80. The number of hydrogen-bond donors (Lipinski definition) is 1. The van der Waals surface area contributed by atoms with Crippen LogP contribution in [0.2, 0.25) is 0 Å². The summed E-state index contributed by atoms with van der Waals surface area (Å²) in [4.78, 5) is 24.7. The number of aryl methyl sites for hydroxylation is 1. The maximum absolute atomic E-state index is 13.2. The molecule has 1 aliphatic rings. The van der Waals surface area contributed by atoms with Gasteiger partial charge in [-0.25, -0.2) is 17.1 Å². The van der Waals surface area contributed by atoms with E-state index in [1.807, 2.05) is 19.9 Å². The van der Waals surface area contributed by atoms with Crippen molar-refractivity contribution >= 4 is 32.4 Å². The molecule has 0 bridgehead atoms. The standard InChI is InChI=1S/C20H19FN2O4S/c1-12-5-4-6-17(13(12)2)22-18(24)11-23-20(25)14(3)19(28(23,26)27)15-7-9-16(21)10-8-15/h4-10H,11H2,1-3H3,(H,22,24). The Hall–Kier alpha value is -3.00. The largest absolute Gasteiger partial charge is 0.324 e. The van der Waals surface area contributed by atoms with Gasteiger partial charge in [-0.15, -0.1) is 0 Å². The van der Waals surface area contributed by atoms with Crippen molar-refractivity contribution in [2.45, 2.75) is 20.8 Å². The smallest absolute Gasteiger partial charge is 0.268 e. The molecule has 2 aromatic rings. The Kier molecular flexibility index (Phi) is 5.08. The van der Waals surface area contributed by atoms with E-state index >= 15 is 0 Å². The van der Waals surface area contributed by atoms with E-state index < -0.39 is 34.2 Å². The van der Waals surface area contributed by atoms with Gasteiger partial charge < -0.3 is 5.32 Å². The van der Waals surface area contributed by atoms with Crippen molar-refractivity contribution in [1.29, 1.82) is 0 Å². The number of hydrogen-bond acceptors (Lipinski definition) is 4. The number of sulfonamides is 1. The Morgan fingerprint density at radius 1 is 1.07 bits per heavy atom. The molecule has 146 valence electrons. The molecule has 28 heavy (non-hydrogen) atoms. The number of nitrogens with one attached hydrogen (secondary N) is 1. The Bertz CT molecular complexity index is 1110. The molecule has 1 N–H and O–H groups in total. The second kappa shape index (κ2) is 7.20. The van der Waals surface area contributed by atoms with Gasteiger partial charge in [-0.05, 0) is 55.7 Å². The van der Waals surface area contributed by atoms with Gasteiger partial charge in [-0.2, -0.15) is 0 Å². The first-order chi connectivity index (χ1) is 13.1. The van der Waals surface area contributed by atoms with Crippen LogP contribution in [0.4, 0.5) is 10.1 Å². The van der Waals surface area contributed by atoms with Crippen molar-refractivity contribution in [2.24, 2.45) is 0 Å². The monoisotopic (exact) mass is 402 g/mol. The number of benzene rings is 2. The molecule has 2 amide bonds. The maximum Gasteiger partial charge on any atom is 0.268 e. The van der Waals surface area contributed by atoms with E-state index in [2.05, 4.69) is 5.32 Å². The maximum atomic E-state index is 13.2. The third-order valence-corrected chi connectivity index (χ3v) is 6.64. The lowest BCUT2D eigenvalue weighted by atomic mass is 10.1. The number of rotatable bonds is 4. The van der Waals surface area contributed by atoms with E-state index in [4.69, 9.17) is 0 Å². The molecule has 0 unspecified atom stereocenters. The van der Waals surface area contributed by atoms with Crippen LogP contribution in [0, 0.1) is 19.7 Å². The predicted molar refractivity (Wildman–Crippen MR) is 104 cm³/mol. The van der Waals surface area contributed by atoms with E-state index in [0.29, 0.717) is 9.99 Å². The van der Waals surface area contributed by atoms with Crippen molar-refractivity contribution in [2.75, 3.05) is 11.9 Å². The van der Waals surface area contributed by atoms with Crippen LogP contribution in [0.5, 0.6) is 0 Å². The number of halogens is 1. The molecule has 1 heterocycles. The Balaban J connectivity index is 1.86. The summed E-state index contributed by atoms with van der Waals surface area (Å²) < 4.78 is 39.5. The molecule has 0 saturated heterocycles. The van der Waals surface area contributed by atoms with E-state index in [-0.39, 0.29) is 16.0 Å².